The molecule has 3 saturated carbocycles. The average Bonchev–Trinajstić information content (AvgIpc) is 2.91. The highest BCUT2D eigenvalue weighted by molar-refractivity contribution is 5.91. The van der Waals surface area contributed by atoms with Crippen LogP contribution in [0.25, 0.3) is 0 Å². The largest absolute Gasteiger partial charge is 0.393 e. The van der Waals surface area contributed by atoms with E-state index in [9.17, 15) is 19.8 Å². The van der Waals surface area contributed by atoms with E-state index in [1.165, 1.54) is 5.57 Å². The number of carbonyl (C=O) groups is 2. The molecule has 25 heavy (non-hydrogen) atoms. The summed E-state index contributed by atoms with van der Waals surface area (Å²) < 4.78 is 0. The number of rotatable bonds is 2. The van der Waals surface area contributed by atoms with Gasteiger partial charge in [0.2, 0.25) is 0 Å². The van der Waals surface area contributed by atoms with Gasteiger partial charge in [-0.15, -0.1) is 0 Å². The molecule has 0 radical (unpaired) electrons. The van der Waals surface area contributed by atoms with Crippen LogP contribution in [0.3, 0.4) is 0 Å². The van der Waals surface area contributed by atoms with Crippen molar-refractivity contribution in [3.63, 3.8) is 0 Å². The molecule has 4 rings (SSSR count). The molecule has 2 N–H and O–H groups in total. The molecule has 0 bridgehead atoms. The molecule has 0 spiro atoms. The van der Waals surface area contributed by atoms with E-state index in [1.54, 1.807) is 0 Å². The van der Waals surface area contributed by atoms with Gasteiger partial charge in [-0.2, -0.15) is 0 Å². The van der Waals surface area contributed by atoms with Gasteiger partial charge in [0.1, 0.15) is 6.61 Å². The molecule has 0 saturated heterocycles. The Hall–Kier alpha value is -1.00. The predicted molar refractivity (Wildman–Crippen MR) is 93.7 cm³/mol. The second-order valence-electron chi connectivity index (χ2n) is 9.42. The molecule has 138 valence electrons. The Morgan fingerprint density at radius 1 is 1.24 bits per heavy atom. The van der Waals surface area contributed by atoms with Crippen molar-refractivity contribution < 1.29 is 19.8 Å². The molecule has 0 heterocycles. The summed E-state index contributed by atoms with van der Waals surface area (Å²) in [5.41, 5.74) is 0.979. The molecule has 3 fully saturated rings. The van der Waals surface area contributed by atoms with Crippen molar-refractivity contribution in [1.82, 2.24) is 0 Å². The topological polar surface area (TPSA) is 74.6 Å². The average molecular weight is 346 g/mol. The van der Waals surface area contributed by atoms with Crippen molar-refractivity contribution in [3.05, 3.63) is 11.6 Å². The molecule has 0 aliphatic heterocycles. The number of carbonyl (C=O) groups excluding carboxylic acids is 2. The van der Waals surface area contributed by atoms with Gasteiger partial charge in [0.15, 0.2) is 11.6 Å². The van der Waals surface area contributed by atoms with Gasteiger partial charge in [0.25, 0.3) is 0 Å². The summed E-state index contributed by atoms with van der Waals surface area (Å²) in [6.07, 6.45) is 7.32. The normalized spacial score (nSPS) is 49.0. The number of aliphatic hydroxyl groups excluding tert-OH is 2. The summed E-state index contributed by atoms with van der Waals surface area (Å²) in [6, 6.07) is 0. The van der Waals surface area contributed by atoms with E-state index in [4.69, 9.17) is 0 Å². The second kappa shape index (κ2) is 5.75. The van der Waals surface area contributed by atoms with E-state index in [0.29, 0.717) is 24.7 Å². The maximum atomic E-state index is 12.3. The highest BCUT2D eigenvalue weighted by atomic mass is 16.3. The lowest BCUT2D eigenvalue weighted by atomic mass is 9.46. The van der Waals surface area contributed by atoms with Crippen molar-refractivity contribution in [3.8, 4) is 0 Å². The molecule has 0 aromatic carbocycles. The highest BCUT2D eigenvalue weighted by Crippen LogP contribution is 2.66. The minimum Gasteiger partial charge on any atom is -0.393 e. The summed E-state index contributed by atoms with van der Waals surface area (Å²) >= 11 is 0. The van der Waals surface area contributed by atoms with Crippen LogP contribution in [-0.2, 0) is 9.59 Å². The van der Waals surface area contributed by atoms with Crippen LogP contribution in [0.5, 0.6) is 0 Å². The van der Waals surface area contributed by atoms with Crippen LogP contribution >= 0.6 is 0 Å². The molecule has 0 aromatic rings. The highest BCUT2D eigenvalue weighted by Gasteiger charge is 2.62. The van der Waals surface area contributed by atoms with Gasteiger partial charge in [-0.1, -0.05) is 19.4 Å². The van der Waals surface area contributed by atoms with E-state index in [-0.39, 0.29) is 40.8 Å². The van der Waals surface area contributed by atoms with Crippen molar-refractivity contribution in [2.45, 2.75) is 64.9 Å². The Labute approximate surface area is 149 Å². The van der Waals surface area contributed by atoms with Crippen LogP contribution in [0.2, 0.25) is 0 Å². The Kier molecular flexibility index (Phi) is 4.01. The first-order valence-electron chi connectivity index (χ1n) is 9.87. The van der Waals surface area contributed by atoms with Gasteiger partial charge in [-0.05, 0) is 73.2 Å². The van der Waals surface area contributed by atoms with Crippen LogP contribution in [0.4, 0.5) is 0 Å². The van der Waals surface area contributed by atoms with Crippen molar-refractivity contribution in [2.24, 2.45) is 34.5 Å². The summed E-state index contributed by atoms with van der Waals surface area (Å²) in [4.78, 5) is 24.2. The van der Waals surface area contributed by atoms with Crippen molar-refractivity contribution in [2.75, 3.05) is 6.61 Å². The van der Waals surface area contributed by atoms with Gasteiger partial charge in [-0.25, -0.2) is 0 Å². The van der Waals surface area contributed by atoms with E-state index in [1.807, 2.05) is 6.08 Å². The minimum absolute atomic E-state index is 0.0541. The van der Waals surface area contributed by atoms with Gasteiger partial charge in [0, 0.05) is 12.3 Å². The van der Waals surface area contributed by atoms with E-state index in [2.05, 4.69) is 13.8 Å². The summed E-state index contributed by atoms with van der Waals surface area (Å²) in [5, 5.41) is 20.5. The molecular weight excluding hydrogens is 316 g/mol. The third kappa shape index (κ3) is 2.33. The van der Waals surface area contributed by atoms with Crippen LogP contribution in [0.15, 0.2) is 11.6 Å². The Bertz CT molecular complexity index is 638. The zero-order valence-electron chi connectivity index (χ0n) is 15.3. The van der Waals surface area contributed by atoms with Crippen LogP contribution in [-0.4, -0.2) is 34.5 Å². The number of hydrogen-bond donors (Lipinski definition) is 2. The number of allylic oxidation sites excluding steroid dienone is 1. The first-order chi connectivity index (χ1) is 11.8. The summed E-state index contributed by atoms with van der Waals surface area (Å²) in [7, 11) is 0. The van der Waals surface area contributed by atoms with Crippen molar-refractivity contribution >= 4 is 11.6 Å². The first kappa shape index (κ1) is 17.4. The number of ketones is 2. The van der Waals surface area contributed by atoms with Gasteiger partial charge >= 0.3 is 0 Å². The zero-order valence-corrected chi connectivity index (χ0v) is 15.3. The smallest absolute Gasteiger partial charge is 0.161 e. The molecular formula is C21H30O4. The fourth-order valence-electron chi connectivity index (χ4n) is 7.33. The monoisotopic (exact) mass is 346 g/mol. The van der Waals surface area contributed by atoms with E-state index >= 15 is 0 Å². The second-order valence-corrected chi connectivity index (χ2v) is 9.42. The Balaban J connectivity index is 1.70. The molecule has 5 unspecified atom stereocenters. The van der Waals surface area contributed by atoms with E-state index in [0.717, 1.165) is 32.1 Å². The van der Waals surface area contributed by atoms with Crippen LogP contribution in [0.1, 0.15) is 58.8 Å². The fourth-order valence-corrected chi connectivity index (χ4v) is 7.33. The SMILES string of the molecule is CC12CCC(=O)C=C1CCC1C2[C@@H](O)CC2(C)C1CC[C@@H]2C(=O)CO. The fraction of sp³-hybridized carbons (Fsp3) is 0.810. The maximum absolute atomic E-state index is 12.3. The molecule has 4 heteroatoms. The van der Waals surface area contributed by atoms with Gasteiger partial charge in [-0.3, -0.25) is 9.59 Å². The maximum Gasteiger partial charge on any atom is 0.161 e. The van der Waals surface area contributed by atoms with Crippen molar-refractivity contribution in [1.29, 1.82) is 0 Å². The minimum atomic E-state index is -0.430. The summed E-state index contributed by atoms with van der Waals surface area (Å²) in [5.74, 6) is 1.12. The predicted octanol–water partition coefficient (Wildman–Crippen LogP) is 2.67. The summed E-state index contributed by atoms with van der Waals surface area (Å²) in [6.45, 7) is 4.03. The lowest BCUT2D eigenvalue weighted by molar-refractivity contribution is -0.146. The van der Waals surface area contributed by atoms with Gasteiger partial charge in [0.05, 0.1) is 6.10 Å². The Morgan fingerprint density at radius 2 is 2.00 bits per heavy atom. The van der Waals surface area contributed by atoms with Crippen LogP contribution in [0, 0.1) is 34.5 Å². The van der Waals surface area contributed by atoms with Crippen LogP contribution < -0.4 is 0 Å². The Morgan fingerprint density at radius 3 is 2.72 bits per heavy atom. The first-order valence-corrected chi connectivity index (χ1v) is 9.87. The number of Topliss-reactive ketones (excluding diaryl/α,β-unsaturated/α-hetero) is 1. The molecule has 0 amide bonds. The number of fused-ring (bicyclic) bond motifs is 5. The number of hydrogen-bond acceptors (Lipinski definition) is 4. The quantitative estimate of drug-likeness (QED) is 0.806. The standard InChI is InChI=1S/C21H30O4/c1-20-8-7-13(23)9-12(20)3-4-14-15-5-6-16(18(25)11-22)21(15,2)10-17(24)19(14)20/h9,14-17,19,22,24H,3-8,10-11H2,1-2H3/t14?,15?,16-,17+,19?,20?,21?/m1/s1. The molecule has 7 atom stereocenters. The lowest BCUT2D eigenvalue weighted by Crippen LogP contribution is -2.57. The molecule has 0 aromatic heterocycles. The van der Waals surface area contributed by atoms with E-state index < -0.39 is 6.10 Å². The molecule has 4 nitrogen and oxygen atoms in total. The third-order valence-electron chi connectivity index (χ3n) is 8.44. The lowest BCUT2D eigenvalue weighted by Gasteiger charge is -2.59. The van der Waals surface area contributed by atoms with Gasteiger partial charge < -0.3 is 10.2 Å². The third-order valence-corrected chi connectivity index (χ3v) is 8.44. The molecule has 4 aliphatic carbocycles. The molecule has 4 aliphatic rings. The number of aliphatic hydroxyl groups is 2. The zero-order chi connectivity index (χ0) is 18.0.